The predicted octanol–water partition coefficient (Wildman–Crippen LogP) is 1.67. The van der Waals surface area contributed by atoms with Gasteiger partial charge in [-0.2, -0.15) is 0 Å². The van der Waals surface area contributed by atoms with Gasteiger partial charge in [0.1, 0.15) is 5.82 Å². The number of carbonyl (C=O) groups excluding carboxylic acids is 1. The van der Waals surface area contributed by atoms with Crippen LogP contribution in [0.4, 0.5) is 0 Å². The van der Waals surface area contributed by atoms with E-state index < -0.39 is 0 Å². The fourth-order valence-corrected chi connectivity index (χ4v) is 5.33. The lowest BCUT2D eigenvalue weighted by molar-refractivity contribution is -0.170. The number of morpholine rings is 1. The molecule has 1 aliphatic carbocycles. The van der Waals surface area contributed by atoms with Gasteiger partial charge in [-0.05, 0) is 45.1 Å². The van der Waals surface area contributed by atoms with Crippen LogP contribution in [0.2, 0.25) is 0 Å². The fraction of sp³-hybridized carbons (Fsp3) is 0.800. The van der Waals surface area contributed by atoms with E-state index in [2.05, 4.69) is 19.8 Å². The molecule has 27 heavy (non-hydrogen) atoms. The number of H-pyrrole nitrogens is 1. The average molecular weight is 377 g/mol. The highest BCUT2D eigenvalue weighted by molar-refractivity contribution is 5.78. The molecular formula is C20H32N4O3. The Kier molecular flexibility index (Phi) is 5.80. The van der Waals surface area contributed by atoms with Crippen LogP contribution < -0.4 is 0 Å². The zero-order chi connectivity index (χ0) is 18.7. The van der Waals surface area contributed by atoms with Crippen LogP contribution in [-0.4, -0.2) is 77.8 Å². The number of nitrogens with one attached hydrogen (secondary N) is 1. The van der Waals surface area contributed by atoms with Crippen LogP contribution in [0, 0.1) is 11.3 Å². The Morgan fingerprint density at radius 2 is 2.22 bits per heavy atom. The van der Waals surface area contributed by atoms with Crippen molar-refractivity contribution in [1.29, 1.82) is 0 Å². The average Bonchev–Trinajstić information content (AvgIpc) is 3.21. The molecule has 7 nitrogen and oxygen atoms in total. The molecule has 0 spiro atoms. The van der Waals surface area contributed by atoms with Crippen molar-refractivity contribution in [1.82, 2.24) is 19.8 Å². The summed E-state index contributed by atoms with van der Waals surface area (Å²) in [5, 5.41) is 0. The topological polar surface area (TPSA) is 70.7 Å². The van der Waals surface area contributed by atoms with Crippen molar-refractivity contribution in [3.05, 3.63) is 18.2 Å². The number of likely N-dealkylation sites (tertiary alicyclic amines) is 1. The summed E-state index contributed by atoms with van der Waals surface area (Å²) in [6, 6.07) is 0.582. The SMILES string of the molecule is CCOC(=O)[C@@]12CC[C@H](N3CCOCC3)C[C@H]1CCN(Cc1ncc[nH]1)C2. The Labute approximate surface area is 161 Å². The maximum absolute atomic E-state index is 13.1. The molecule has 2 saturated heterocycles. The highest BCUT2D eigenvalue weighted by Gasteiger charge is 2.53. The monoisotopic (exact) mass is 376 g/mol. The third kappa shape index (κ3) is 3.91. The summed E-state index contributed by atoms with van der Waals surface area (Å²) in [6.45, 7) is 8.65. The summed E-state index contributed by atoms with van der Waals surface area (Å²) in [5.74, 6) is 1.39. The van der Waals surface area contributed by atoms with Crippen LogP contribution in [0.15, 0.2) is 12.4 Å². The molecule has 3 atom stereocenters. The van der Waals surface area contributed by atoms with Crippen molar-refractivity contribution in [3.63, 3.8) is 0 Å². The molecule has 0 unspecified atom stereocenters. The van der Waals surface area contributed by atoms with Gasteiger partial charge >= 0.3 is 5.97 Å². The molecule has 0 bridgehead atoms. The van der Waals surface area contributed by atoms with E-state index in [1.54, 1.807) is 6.20 Å². The second-order valence-corrected chi connectivity index (χ2v) is 8.19. The predicted molar refractivity (Wildman–Crippen MR) is 101 cm³/mol. The van der Waals surface area contributed by atoms with Crippen LogP contribution in [0.3, 0.4) is 0 Å². The smallest absolute Gasteiger partial charge is 0.313 e. The van der Waals surface area contributed by atoms with Gasteiger partial charge in [0.25, 0.3) is 0 Å². The number of imidazole rings is 1. The highest BCUT2D eigenvalue weighted by Crippen LogP contribution is 2.48. The number of aromatic nitrogens is 2. The van der Waals surface area contributed by atoms with E-state index in [0.717, 1.165) is 77.4 Å². The molecule has 1 saturated carbocycles. The molecule has 2 aliphatic heterocycles. The van der Waals surface area contributed by atoms with Crippen LogP contribution in [-0.2, 0) is 20.8 Å². The largest absolute Gasteiger partial charge is 0.466 e. The molecule has 1 N–H and O–H groups in total. The van der Waals surface area contributed by atoms with Gasteiger partial charge < -0.3 is 14.5 Å². The number of rotatable bonds is 5. The number of hydrogen-bond donors (Lipinski definition) is 1. The normalized spacial score (nSPS) is 32.8. The minimum atomic E-state index is -0.358. The highest BCUT2D eigenvalue weighted by atomic mass is 16.5. The minimum absolute atomic E-state index is 0.0135. The van der Waals surface area contributed by atoms with Crippen LogP contribution in [0.5, 0.6) is 0 Å². The van der Waals surface area contributed by atoms with Gasteiger partial charge in [-0.15, -0.1) is 0 Å². The van der Waals surface area contributed by atoms with Gasteiger partial charge in [0.2, 0.25) is 0 Å². The lowest BCUT2D eigenvalue weighted by Gasteiger charge is -2.52. The zero-order valence-corrected chi connectivity index (χ0v) is 16.4. The minimum Gasteiger partial charge on any atom is -0.466 e. The first-order valence-electron chi connectivity index (χ1n) is 10.4. The van der Waals surface area contributed by atoms with E-state index >= 15 is 0 Å². The number of esters is 1. The number of aromatic amines is 1. The van der Waals surface area contributed by atoms with Crippen molar-refractivity contribution in [3.8, 4) is 0 Å². The van der Waals surface area contributed by atoms with E-state index in [-0.39, 0.29) is 11.4 Å². The molecule has 1 aromatic heterocycles. The summed E-state index contributed by atoms with van der Waals surface area (Å²) in [4.78, 5) is 25.6. The maximum Gasteiger partial charge on any atom is 0.313 e. The van der Waals surface area contributed by atoms with Gasteiger partial charge in [-0.3, -0.25) is 14.6 Å². The molecule has 3 aliphatic rings. The van der Waals surface area contributed by atoms with Crippen molar-refractivity contribution < 1.29 is 14.3 Å². The summed E-state index contributed by atoms with van der Waals surface area (Å²) < 4.78 is 11.1. The number of fused-ring (bicyclic) bond motifs is 1. The Hall–Kier alpha value is -1.44. The van der Waals surface area contributed by atoms with Gasteiger partial charge in [0, 0.05) is 38.1 Å². The standard InChI is InChI=1S/C20H32N4O3/c1-2-27-19(25)20-5-3-17(24-9-11-26-12-10-24)13-16(20)4-8-23(15-20)14-18-21-6-7-22-18/h6-7,16-17H,2-5,8-15H2,1H3,(H,21,22)/t16-,17+,20-/m1/s1. The first kappa shape index (κ1) is 18.9. The molecular weight excluding hydrogens is 344 g/mol. The number of piperidine rings is 1. The molecule has 150 valence electrons. The van der Waals surface area contributed by atoms with Gasteiger partial charge in [0.05, 0.1) is 31.8 Å². The number of carbonyl (C=O) groups is 1. The van der Waals surface area contributed by atoms with Gasteiger partial charge in [-0.1, -0.05) is 0 Å². The third-order valence-electron chi connectivity index (χ3n) is 6.73. The molecule has 7 heteroatoms. The van der Waals surface area contributed by atoms with Crippen LogP contribution in [0.25, 0.3) is 0 Å². The number of nitrogens with zero attached hydrogens (tertiary/aromatic N) is 3. The Morgan fingerprint density at radius 1 is 1.37 bits per heavy atom. The zero-order valence-electron chi connectivity index (χ0n) is 16.4. The van der Waals surface area contributed by atoms with E-state index in [4.69, 9.17) is 9.47 Å². The van der Waals surface area contributed by atoms with E-state index in [0.29, 0.717) is 18.6 Å². The molecule has 0 radical (unpaired) electrons. The van der Waals surface area contributed by atoms with E-state index in [1.807, 2.05) is 13.1 Å². The third-order valence-corrected chi connectivity index (χ3v) is 6.73. The molecule has 1 aromatic rings. The van der Waals surface area contributed by atoms with Crippen molar-refractivity contribution in [2.45, 2.75) is 45.2 Å². The second kappa shape index (κ2) is 8.29. The maximum atomic E-state index is 13.1. The van der Waals surface area contributed by atoms with Crippen LogP contribution >= 0.6 is 0 Å². The molecule has 0 amide bonds. The van der Waals surface area contributed by atoms with E-state index in [9.17, 15) is 4.79 Å². The molecule has 0 aromatic carbocycles. The first-order valence-corrected chi connectivity index (χ1v) is 10.4. The number of hydrogen-bond acceptors (Lipinski definition) is 6. The van der Waals surface area contributed by atoms with E-state index in [1.165, 1.54) is 0 Å². The van der Waals surface area contributed by atoms with Gasteiger partial charge in [-0.25, -0.2) is 4.98 Å². The Balaban J connectivity index is 1.48. The Morgan fingerprint density at radius 3 is 2.96 bits per heavy atom. The quantitative estimate of drug-likeness (QED) is 0.789. The van der Waals surface area contributed by atoms with Crippen molar-refractivity contribution in [2.75, 3.05) is 46.0 Å². The Bertz CT molecular complexity index is 617. The van der Waals surface area contributed by atoms with Crippen molar-refractivity contribution >= 4 is 5.97 Å². The molecule has 3 fully saturated rings. The summed E-state index contributed by atoms with van der Waals surface area (Å²) in [6.07, 6.45) is 7.80. The lowest BCUT2D eigenvalue weighted by Crippen LogP contribution is -2.58. The molecule has 4 rings (SSSR count). The summed E-state index contributed by atoms with van der Waals surface area (Å²) in [5.41, 5.74) is -0.358. The summed E-state index contributed by atoms with van der Waals surface area (Å²) in [7, 11) is 0. The van der Waals surface area contributed by atoms with Crippen LogP contribution in [0.1, 0.15) is 38.4 Å². The fourth-order valence-electron chi connectivity index (χ4n) is 5.33. The van der Waals surface area contributed by atoms with Gasteiger partial charge in [0.15, 0.2) is 0 Å². The second-order valence-electron chi connectivity index (χ2n) is 8.19. The number of ether oxygens (including phenoxy) is 2. The lowest BCUT2D eigenvalue weighted by atomic mass is 9.61. The van der Waals surface area contributed by atoms with Crippen molar-refractivity contribution in [2.24, 2.45) is 11.3 Å². The summed E-state index contributed by atoms with van der Waals surface area (Å²) >= 11 is 0. The molecule has 3 heterocycles. The first-order chi connectivity index (χ1) is 13.2.